The number of benzene rings is 3. The number of halogens is 2. The first-order valence-corrected chi connectivity index (χ1v) is 13.4. The van der Waals surface area contributed by atoms with E-state index in [1.807, 2.05) is 114 Å². The normalized spacial score (nSPS) is 9.61. The third-order valence-electron chi connectivity index (χ3n) is 5.00. The fourth-order valence-electron chi connectivity index (χ4n) is 3.28. The summed E-state index contributed by atoms with van der Waals surface area (Å²) in [5.74, 6) is 1.81. The van der Waals surface area contributed by atoms with Gasteiger partial charge in [-0.05, 0) is 58.2 Å². The molecule has 0 fully saturated rings. The Morgan fingerprint density at radius 1 is 0.694 bits per heavy atom. The summed E-state index contributed by atoms with van der Waals surface area (Å²) in [5, 5.41) is 0. The van der Waals surface area contributed by atoms with Crippen LogP contribution in [0.15, 0.2) is 94.5 Å². The van der Waals surface area contributed by atoms with Crippen LogP contribution in [0.1, 0.15) is 0 Å². The van der Waals surface area contributed by atoms with Gasteiger partial charge in [0.2, 0.25) is 0 Å². The second kappa shape index (κ2) is 15.4. The molecule has 0 atom stereocenters. The maximum absolute atomic E-state index is 4.34. The monoisotopic (exact) mass is 626 g/mol. The van der Waals surface area contributed by atoms with E-state index >= 15 is 0 Å². The van der Waals surface area contributed by atoms with E-state index in [1.54, 1.807) is 0 Å². The Bertz CT molecular complexity index is 1440. The summed E-state index contributed by atoms with van der Waals surface area (Å²) >= 11 is 9.49. The van der Waals surface area contributed by atoms with Crippen molar-refractivity contribution in [3.8, 4) is 0 Å². The Morgan fingerprint density at radius 3 is 1.44 bits per heavy atom. The quantitative estimate of drug-likeness (QED) is 0.116. The van der Waals surface area contributed by atoms with Gasteiger partial charge in [0.05, 0.1) is 45.8 Å². The zero-order chi connectivity index (χ0) is 26.5. The van der Waals surface area contributed by atoms with Crippen molar-refractivity contribution in [1.29, 1.82) is 0 Å². The molecule has 7 nitrogen and oxygen atoms in total. The number of aryl methyl sites for hydroxylation is 3. The molecular weight excluding hydrogens is 601 g/mol. The van der Waals surface area contributed by atoms with Gasteiger partial charge >= 0.3 is 24.8 Å². The van der Waals surface area contributed by atoms with Crippen molar-refractivity contribution < 1.29 is 0 Å². The van der Waals surface area contributed by atoms with Crippen LogP contribution in [0.25, 0.3) is 33.1 Å². The molecular formula is C25H27BBr2N7S. The van der Waals surface area contributed by atoms with Crippen LogP contribution in [0.2, 0.25) is 0 Å². The Labute approximate surface area is 234 Å². The third-order valence-corrected chi connectivity index (χ3v) is 5.71. The number of imidazole rings is 3. The van der Waals surface area contributed by atoms with Crippen LogP contribution in [0.4, 0.5) is 0 Å². The molecule has 185 valence electrons. The van der Waals surface area contributed by atoms with Gasteiger partial charge in [0.15, 0.2) is 4.73 Å². The number of rotatable bonds is 0. The Hall–Kier alpha value is -2.76. The zero-order valence-corrected chi connectivity index (χ0v) is 24.6. The summed E-state index contributed by atoms with van der Waals surface area (Å²) in [6.45, 7) is 0. The fourth-order valence-corrected chi connectivity index (χ4v) is 3.66. The Morgan fingerprint density at radius 2 is 1.06 bits per heavy atom. The summed E-state index contributed by atoms with van der Waals surface area (Å²) < 4.78 is 9.60. The average Bonchev–Trinajstić information content (AvgIpc) is 3.58. The first-order chi connectivity index (χ1) is 17.5. The molecule has 1 radical (unpaired) electrons. The van der Waals surface area contributed by atoms with Crippen molar-refractivity contribution in [3.63, 3.8) is 0 Å². The zero-order valence-electron chi connectivity index (χ0n) is 20.5. The molecule has 0 amide bonds. The molecule has 0 bridgehead atoms. The van der Waals surface area contributed by atoms with Crippen LogP contribution in [0.3, 0.4) is 0 Å². The molecule has 0 N–H and O–H groups in total. The van der Waals surface area contributed by atoms with Crippen molar-refractivity contribution in [2.24, 2.45) is 25.4 Å². The van der Waals surface area contributed by atoms with Crippen molar-refractivity contribution in [1.82, 2.24) is 28.7 Å². The van der Waals surface area contributed by atoms with Gasteiger partial charge in [0.25, 0.3) is 0 Å². The number of hydrogen-bond donors (Lipinski definition) is 1. The Kier molecular flexibility index (Phi) is 12.6. The van der Waals surface area contributed by atoms with Crippen LogP contribution in [0, 0.1) is 0 Å². The van der Waals surface area contributed by atoms with Gasteiger partial charge in [-0.15, -0.1) is 0 Å². The van der Waals surface area contributed by atoms with Crippen LogP contribution in [-0.4, -0.2) is 42.1 Å². The Balaban J connectivity index is 0.000000175. The summed E-state index contributed by atoms with van der Waals surface area (Å²) in [7, 11) is 10.3. The fraction of sp³-hybridized carbons (Fsp3) is 0.160. The third kappa shape index (κ3) is 7.87. The predicted molar refractivity (Wildman–Crippen MR) is 162 cm³/mol. The summed E-state index contributed by atoms with van der Waals surface area (Å²) in [6.07, 6.45) is 3.65. The molecule has 11 heteroatoms. The van der Waals surface area contributed by atoms with Gasteiger partial charge in [-0.3, -0.25) is 0 Å². The standard InChI is InChI=1S/C8H7BrN2.2C8H8N2.CH3Br.BHNS/c1-11-7-5-3-2-4-6(7)10-8(11)9;2*1-10-6-9-7-4-2-3-5-8(7)10;1-2;1-2-3/h2-5H,1H3;2*2-6H,1H3;1H3;3H. The van der Waals surface area contributed by atoms with E-state index in [0.29, 0.717) is 0 Å². The molecule has 3 aromatic carbocycles. The molecule has 0 aliphatic carbocycles. The van der Waals surface area contributed by atoms with E-state index in [-0.39, 0.29) is 0 Å². The van der Waals surface area contributed by atoms with Gasteiger partial charge in [0, 0.05) is 21.1 Å². The minimum atomic E-state index is 0.874. The molecule has 6 aromatic rings. The van der Waals surface area contributed by atoms with Crippen LogP contribution in [0.5, 0.6) is 0 Å². The summed E-state index contributed by atoms with van der Waals surface area (Å²) in [4.78, 5) is 12.7. The summed E-state index contributed by atoms with van der Waals surface area (Å²) in [6, 6.07) is 24.2. The van der Waals surface area contributed by atoms with E-state index in [4.69, 9.17) is 0 Å². The minimum absolute atomic E-state index is 0.874. The molecule has 0 saturated carbocycles. The molecule has 0 unspecified atom stereocenters. The second-order valence-corrected chi connectivity index (χ2v) is 8.17. The van der Waals surface area contributed by atoms with E-state index < -0.39 is 0 Å². The van der Waals surface area contributed by atoms with Crippen molar-refractivity contribution in [2.45, 2.75) is 0 Å². The number of hydrogen-bond acceptors (Lipinski definition) is 5. The van der Waals surface area contributed by atoms with Gasteiger partial charge in [-0.25, -0.2) is 15.0 Å². The first kappa shape index (κ1) is 29.5. The molecule has 3 aromatic heterocycles. The number of alkyl halides is 1. The van der Waals surface area contributed by atoms with E-state index in [0.717, 1.165) is 26.8 Å². The van der Waals surface area contributed by atoms with E-state index in [9.17, 15) is 0 Å². The van der Waals surface area contributed by atoms with Gasteiger partial charge in [0.1, 0.15) is 0 Å². The van der Waals surface area contributed by atoms with Crippen LogP contribution >= 0.6 is 44.7 Å². The molecule has 36 heavy (non-hydrogen) atoms. The molecule has 0 aliphatic heterocycles. The number of nitrogens with zero attached hydrogens (tertiary/aromatic N) is 7. The van der Waals surface area contributed by atoms with Gasteiger partial charge in [-0.1, -0.05) is 52.3 Å². The van der Waals surface area contributed by atoms with E-state index in [2.05, 4.69) is 83.7 Å². The molecule has 0 saturated heterocycles. The SMILES string of the molecule is CBr.Cn1c(Br)nc2ccccc21.Cn1cnc2ccccc21.Cn1cnc2ccccc21.[B]=NS. The number of thiol groups is 1. The van der Waals surface area contributed by atoms with Crippen LogP contribution < -0.4 is 0 Å². The topological polar surface area (TPSA) is 65.8 Å². The van der Waals surface area contributed by atoms with Crippen molar-refractivity contribution in [2.75, 3.05) is 5.83 Å². The van der Waals surface area contributed by atoms with E-state index in [1.165, 1.54) is 11.0 Å². The molecule has 0 aliphatic rings. The molecule has 3 heterocycles. The van der Waals surface area contributed by atoms with Gasteiger partial charge in [-0.2, -0.15) is 0 Å². The maximum atomic E-state index is 4.34. The van der Waals surface area contributed by atoms with Gasteiger partial charge < -0.3 is 13.7 Å². The van der Waals surface area contributed by atoms with Crippen molar-refractivity contribution >= 4 is 85.4 Å². The molecule has 6 rings (SSSR count). The summed E-state index contributed by atoms with van der Waals surface area (Å²) in [5.41, 5.74) is 6.67. The molecule has 0 spiro atoms. The number of fused-ring (bicyclic) bond motifs is 3. The second-order valence-electron chi connectivity index (χ2n) is 7.23. The predicted octanol–water partition coefficient (Wildman–Crippen LogP) is 6.68. The van der Waals surface area contributed by atoms with Crippen molar-refractivity contribution in [3.05, 3.63) is 90.2 Å². The first-order valence-electron chi connectivity index (χ1n) is 10.7. The number of para-hydroxylation sites is 6. The number of aromatic nitrogens is 6. The van der Waals surface area contributed by atoms with Crippen LogP contribution in [-0.2, 0) is 21.1 Å². The average molecular weight is 628 g/mol.